The zero-order valence-corrected chi connectivity index (χ0v) is 23.0. The number of hydrogen-bond donors (Lipinski definition) is 1. The number of carbonyl (C=O) groups excluding carboxylic acids is 3. The maximum absolute atomic E-state index is 13.4. The molecule has 1 atom stereocenters. The Kier molecular flexibility index (Phi) is 8.90. The van der Waals surface area contributed by atoms with Gasteiger partial charge in [0.1, 0.15) is 11.5 Å². The molecule has 2 aliphatic rings. The topological polar surface area (TPSA) is 101 Å². The Balaban J connectivity index is 1.67. The van der Waals surface area contributed by atoms with Crippen molar-refractivity contribution in [3.8, 4) is 11.5 Å². The number of nitrogens with one attached hydrogen (secondary N) is 1. The summed E-state index contributed by atoms with van der Waals surface area (Å²) in [5.74, 6) is 0.613. The molecule has 3 amide bonds. The highest BCUT2D eigenvalue weighted by Gasteiger charge is 2.39. The van der Waals surface area contributed by atoms with Gasteiger partial charge in [0, 0.05) is 51.0 Å². The fourth-order valence-corrected chi connectivity index (χ4v) is 5.49. The minimum atomic E-state index is -0.790. The summed E-state index contributed by atoms with van der Waals surface area (Å²) >= 11 is 1.44. The SMILES string of the molecule is CCOC(=O)C1=C(CN2CCCN(C(=O)c3cccs3)CC2)N(C)C(=O)NC1c1cc(OC)ccc1OC. The Morgan fingerprint density at radius 2 is 1.92 bits per heavy atom. The van der Waals surface area contributed by atoms with Gasteiger partial charge in [0.05, 0.1) is 37.3 Å². The van der Waals surface area contributed by atoms with E-state index in [2.05, 4.69) is 10.2 Å². The van der Waals surface area contributed by atoms with Crippen molar-refractivity contribution in [2.24, 2.45) is 0 Å². The minimum Gasteiger partial charge on any atom is -0.497 e. The minimum absolute atomic E-state index is 0.0348. The molecule has 2 aromatic rings. The molecule has 0 spiro atoms. The first-order valence-corrected chi connectivity index (χ1v) is 13.5. The highest BCUT2D eigenvalue weighted by molar-refractivity contribution is 7.12. The number of thiophene rings is 1. The summed E-state index contributed by atoms with van der Waals surface area (Å²) in [6.07, 6.45) is 0.780. The summed E-state index contributed by atoms with van der Waals surface area (Å²) in [7, 11) is 4.74. The highest BCUT2D eigenvalue weighted by Crippen LogP contribution is 2.38. The van der Waals surface area contributed by atoms with Crippen LogP contribution in [-0.4, -0.2) is 93.2 Å². The van der Waals surface area contributed by atoms with Crippen molar-refractivity contribution in [3.05, 3.63) is 57.4 Å². The zero-order chi connectivity index (χ0) is 27.2. The molecule has 4 rings (SSSR count). The van der Waals surface area contributed by atoms with E-state index in [0.29, 0.717) is 54.5 Å². The third-order valence-electron chi connectivity index (χ3n) is 6.80. The Morgan fingerprint density at radius 1 is 1.11 bits per heavy atom. The van der Waals surface area contributed by atoms with Gasteiger partial charge in [-0.1, -0.05) is 6.07 Å². The van der Waals surface area contributed by atoms with Gasteiger partial charge in [-0.25, -0.2) is 9.59 Å². The first kappa shape index (κ1) is 27.5. The number of rotatable bonds is 8. The van der Waals surface area contributed by atoms with Gasteiger partial charge in [-0.15, -0.1) is 11.3 Å². The third kappa shape index (κ3) is 5.78. The van der Waals surface area contributed by atoms with Gasteiger partial charge in [-0.3, -0.25) is 14.6 Å². The van der Waals surface area contributed by atoms with Gasteiger partial charge >= 0.3 is 12.0 Å². The predicted molar refractivity (Wildman–Crippen MR) is 144 cm³/mol. The fourth-order valence-electron chi connectivity index (χ4n) is 4.80. The Bertz CT molecular complexity index is 1200. The van der Waals surface area contributed by atoms with Crippen LogP contribution >= 0.6 is 11.3 Å². The van der Waals surface area contributed by atoms with E-state index in [-0.39, 0.29) is 18.5 Å². The predicted octanol–water partition coefficient (Wildman–Crippen LogP) is 3.13. The Labute approximate surface area is 226 Å². The van der Waals surface area contributed by atoms with E-state index in [4.69, 9.17) is 14.2 Å². The summed E-state index contributed by atoms with van der Waals surface area (Å²) < 4.78 is 16.4. The second-order valence-electron chi connectivity index (χ2n) is 9.03. The molecule has 11 heteroatoms. The number of likely N-dealkylation sites (N-methyl/N-ethyl adjacent to an activating group) is 1. The summed E-state index contributed by atoms with van der Waals surface area (Å²) in [5.41, 5.74) is 1.49. The number of esters is 1. The smallest absolute Gasteiger partial charge is 0.338 e. The van der Waals surface area contributed by atoms with E-state index in [1.165, 1.54) is 23.3 Å². The molecule has 0 bridgehead atoms. The van der Waals surface area contributed by atoms with E-state index < -0.39 is 12.0 Å². The molecule has 10 nitrogen and oxygen atoms in total. The Hall–Kier alpha value is -3.57. The normalized spacial score (nSPS) is 18.6. The van der Waals surface area contributed by atoms with Crippen LogP contribution in [0.5, 0.6) is 11.5 Å². The van der Waals surface area contributed by atoms with Gasteiger partial charge < -0.3 is 24.4 Å². The second-order valence-corrected chi connectivity index (χ2v) is 9.98. The zero-order valence-electron chi connectivity index (χ0n) is 22.2. The first-order chi connectivity index (χ1) is 18.4. The van der Waals surface area contributed by atoms with Gasteiger partial charge in [-0.05, 0) is 43.0 Å². The monoisotopic (exact) mass is 542 g/mol. The molecule has 0 radical (unpaired) electrons. The van der Waals surface area contributed by atoms with E-state index >= 15 is 0 Å². The van der Waals surface area contributed by atoms with E-state index in [1.807, 2.05) is 22.4 Å². The lowest BCUT2D eigenvalue weighted by Crippen LogP contribution is -2.49. The summed E-state index contributed by atoms with van der Waals surface area (Å²) in [6, 6.07) is 7.85. The molecule has 0 aliphatic carbocycles. The number of methoxy groups -OCH3 is 2. The largest absolute Gasteiger partial charge is 0.497 e. The molecule has 1 aromatic carbocycles. The lowest BCUT2D eigenvalue weighted by atomic mass is 9.93. The average molecular weight is 543 g/mol. The molecule has 204 valence electrons. The van der Waals surface area contributed by atoms with Crippen molar-refractivity contribution >= 4 is 29.2 Å². The molecule has 0 saturated carbocycles. The van der Waals surface area contributed by atoms with Crippen LogP contribution in [0, 0.1) is 0 Å². The molecule has 1 N–H and O–H groups in total. The van der Waals surface area contributed by atoms with Crippen molar-refractivity contribution in [2.75, 3.05) is 60.6 Å². The van der Waals surface area contributed by atoms with Crippen LogP contribution < -0.4 is 14.8 Å². The molecule has 2 aliphatic heterocycles. The van der Waals surface area contributed by atoms with Crippen molar-refractivity contribution in [1.82, 2.24) is 20.0 Å². The van der Waals surface area contributed by atoms with Crippen LogP contribution in [0.15, 0.2) is 47.0 Å². The number of urea groups is 1. The molecular weight excluding hydrogens is 508 g/mol. The highest BCUT2D eigenvalue weighted by atomic mass is 32.1. The van der Waals surface area contributed by atoms with Crippen LogP contribution in [0.4, 0.5) is 4.79 Å². The van der Waals surface area contributed by atoms with Crippen LogP contribution in [-0.2, 0) is 9.53 Å². The summed E-state index contributed by atoms with van der Waals surface area (Å²) in [5, 5.41) is 4.84. The molecule has 1 unspecified atom stereocenters. The maximum Gasteiger partial charge on any atom is 0.338 e. The molecule has 1 fully saturated rings. The average Bonchev–Trinajstić information content (AvgIpc) is 3.37. The van der Waals surface area contributed by atoms with Crippen molar-refractivity contribution in [3.63, 3.8) is 0 Å². The number of carbonyl (C=O) groups is 3. The van der Waals surface area contributed by atoms with Crippen molar-refractivity contribution < 1.29 is 28.6 Å². The Morgan fingerprint density at radius 3 is 2.61 bits per heavy atom. The molecular formula is C27H34N4O6S. The third-order valence-corrected chi connectivity index (χ3v) is 7.66. The maximum atomic E-state index is 13.4. The van der Waals surface area contributed by atoms with Gasteiger partial charge in [0.25, 0.3) is 5.91 Å². The molecule has 38 heavy (non-hydrogen) atoms. The van der Waals surface area contributed by atoms with Crippen LogP contribution in [0.25, 0.3) is 0 Å². The summed E-state index contributed by atoms with van der Waals surface area (Å²) in [4.78, 5) is 45.6. The van der Waals surface area contributed by atoms with Gasteiger partial charge in [-0.2, -0.15) is 0 Å². The quantitative estimate of drug-likeness (QED) is 0.512. The van der Waals surface area contributed by atoms with Crippen LogP contribution in [0.2, 0.25) is 0 Å². The van der Waals surface area contributed by atoms with E-state index in [9.17, 15) is 14.4 Å². The molecule has 3 heterocycles. The van der Waals surface area contributed by atoms with Crippen LogP contribution in [0.1, 0.15) is 34.6 Å². The second kappa shape index (κ2) is 12.3. The van der Waals surface area contributed by atoms with Crippen molar-refractivity contribution in [1.29, 1.82) is 0 Å². The number of hydrogen-bond acceptors (Lipinski definition) is 8. The van der Waals surface area contributed by atoms with Crippen molar-refractivity contribution in [2.45, 2.75) is 19.4 Å². The molecule has 1 aromatic heterocycles. The molecule has 1 saturated heterocycles. The lowest BCUT2D eigenvalue weighted by molar-refractivity contribution is -0.139. The fraction of sp³-hybridized carbons (Fsp3) is 0.444. The van der Waals surface area contributed by atoms with E-state index in [1.54, 1.807) is 39.3 Å². The van der Waals surface area contributed by atoms with Gasteiger partial charge in [0.2, 0.25) is 0 Å². The summed E-state index contributed by atoms with van der Waals surface area (Å²) in [6.45, 7) is 4.83. The number of benzene rings is 1. The standard InChI is InChI=1S/C27H34N4O6S/c1-5-37-26(33)23-20(17-30-11-7-12-31(14-13-30)25(32)22-8-6-15-38-22)29(2)27(34)28-24(23)19-16-18(35-3)9-10-21(19)36-4/h6,8-10,15-16,24H,5,7,11-14,17H2,1-4H3,(H,28,34). The number of nitrogens with zero attached hydrogens (tertiary/aromatic N) is 3. The number of ether oxygens (including phenoxy) is 3. The first-order valence-electron chi connectivity index (χ1n) is 12.6. The van der Waals surface area contributed by atoms with E-state index in [0.717, 1.165) is 17.8 Å². The van der Waals surface area contributed by atoms with Gasteiger partial charge in [0.15, 0.2) is 0 Å². The van der Waals surface area contributed by atoms with Crippen LogP contribution in [0.3, 0.4) is 0 Å². The lowest BCUT2D eigenvalue weighted by Gasteiger charge is -2.37. The number of amides is 3.